The molecule has 0 aliphatic rings. The summed E-state index contributed by atoms with van der Waals surface area (Å²) in [6.07, 6.45) is 0.877. The van der Waals surface area contributed by atoms with E-state index in [1.165, 1.54) is 12.1 Å². The van der Waals surface area contributed by atoms with Crippen LogP contribution in [0.5, 0.6) is 0 Å². The van der Waals surface area contributed by atoms with Crippen LogP contribution in [0, 0.1) is 12.8 Å². The fraction of sp³-hybridized carbons (Fsp3) is 0.350. The molecule has 0 unspecified atom stereocenters. The summed E-state index contributed by atoms with van der Waals surface area (Å²) in [5, 5.41) is 2.82. The molecule has 0 atom stereocenters. The van der Waals surface area contributed by atoms with Gasteiger partial charge in [0.15, 0.2) is 0 Å². The van der Waals surface area contributed by atoms with Crippen molar-refractivity contribution in [2.45, 2.75) is 38.6 Å². The number of sulfonamides is 1. The molecular formula is C20H26N2O3S. The van der Waals surface area contributed by atoms with Crippen molar-refractivity contribution in [3.63, 3.8) is 0 Å². The largest absolute Gasteiger partial charge is 0.352 e. The van der Waals surface area contributed by atoms with Crippen molar-refractivity contribution in [1.29, 1.82) is 0 Å². The summed E-state index contributed by atoms with van der Waals surface area (Å²) in [5.41, 5.74) is 2.28. The summed E-state index contributed by atoms with van der Waals surface area (Å²) in [6.45, 7) is 6.88. The van der Waals surface area contributed by atoms with E-state index in [4.69, 9.17) is 0 Å². The zero-order valence-electron chi connectivity index (χ0n) is 15.5. The highest BCUT2D eigenvalue weighted by molar-refractivity contribution is 7.89. The van der Waals surface area contributed by atoms with Crippen LogP contribution in [0.1, 0.15) is 41.8 Å². The molecular weight excluding hydrogens is 348 g/mol. The third-order valence-electron chi connectivity index (χ3n) is 4.13. The van der Waals surface area contributed by atoms with Crippen molar-refractivity contribution in [3.8, 4) is 0 Å². The molecule has 0 bridgehead atoms. The summed E-state index contributed by atoms with van der Waals surface area (Å²) >= 11 is 0. The van der Waals surface area contributed by atoms with Gasteiger partial charge in [-0.3, -0.25) is 4.79 Å². The lowest BCUT2D eigenvalue weighted by Crippen LogP contribution is -2.26. The fourth-order valence-corrected chi connectivity index (χ4v) is 3.50. The van der Waals surface area contributed by atoms with Crippen LogP contribution in [0.25, 0.3) is 0 Å². The monoisotopic (exact) mass is 374 g/mol. The quantitative estimate of drug-likeness (QED) is 0.745. The van der Waals surface area contributed by atoms with E-state index in [2.05, 4.69) is 23.9 Å². The highest BCUT2D eigenvalue weighted by atomic mass is 32.2. The number of carbonyl (C=O) groups is 1. The van der Waals surface area contributed by atoms with Crippen molar-refractivity contribution in [3.05, 3.63) is 65.2 Å². The maximum atomic E-state index is 12.6. The van der Waals surface area contributed by atoms with Gasteiger partial charge in [-0.2, -0.15) is 0 Å². The summed E-state index contributed by atoms with van der Waals surface area (Å²) < 4.78 is 27.7. The number of carbonyl (C=O) groups excluding carboxylic acids is 1. The normalized spacial score (nSPS) is 11.5. The molecule has 0 saturated heterocycles. The van der Waals surface area contributed by atoms with Crippen molar-refractivity contribution in [2.24, 2.45) is 5.92 Å². The molecule has 2 aromatic rings. The SMILES string of the molecule is Cc1ccccc1CNS(=O)(=O)c1cccc(C(=O)NCCC(C)C)c1. The molecule has 0 spiro atoms. The summed E-state index contributed by atoms with van der Waals surface area (Å²) in [5.74, 6) is 0.231. The maximum Gasteiger partial charge on any atom is 0.251 e. The molecule has 1 amide bonds. The van der Waals surface area contributed by atoms with Crippen LogP contribution in [0.4, 0.5) is 0 Å². The molecule has 2 aromatic carbocycles. The van der Waals surface area contributed by atoms with Crippen LogP contribution in [0.2, 0.25) is 0 Å². The van der Waals surface area contributed by atoms with E-state index >= 15 is 0 Å². The van der Waals surface area contributed by atoms with E-state index in [0.29, 0.717) is 18.0 Å². The minimum atomic E-state index is -3.70. The molecule has 0 fully saturated rings. The van der Waals surface area contributed by atoms with Crippen molar-refractivity contribution < 1.29 is 13.2 Å². The van der Waals surface area contributed by atoms with Crippen LogP contribution in [0.3, 0.4) is 0 Å². The second kappa shape index (κ2) is 8.96. The molecule has 0 heterocycles. The number of hydrogen-bond donors (Lipinski definition) is 2. The second-order valence-corrected chi connectivity index (χ2v) is 8.48. The first-order chi connectivity index (χ1) is 12.3. The van der Waals surface area contributed by atoms with Gasteiger partial charge in [-0.05, 0) is 48.6 Å². The van der Waals surface area contributed by atoms with Gasteiger partial charge in [0, 0.05) is 18.7 Å². The zero-order valence-corrected chi connectivity index (χ0v) is 16.3. The first-order valence-electron chi connectivity index (χ1n) is 8.72. The minimum absolute atomic E-state index is 0.0857. The van der Waals surface area contributed by atoms with Gasteiger partial charge in [-0.15, -0.1) is 0 Å². The van der Waals surface area contributed by atoms with Gasteiger partial charge in [0.05, 0.1) is 4.90 Å². The molecule has 0 saturated carbocycles. The average Bonchev–Trinajstić information content (AvgIpc) is 2.61. The lowest BCUT2D eigenvalue weighted by atomic mass is 10.1. The number of hydrogen-bond acceptors (Lipinski definition) is 3. The Hall–Kier alpha value is -2.18. The van der Waals surface area contributed by atoms with E-state index in [0.717, 1.165) is 17.5 Å². The van der Waals surface area contributed by atoms with Gasteiger partial charge >= 0.3 is 0 Å². The van der Waals surface area contributed by atoms with Crippen LogP contribution in [0.15, 0.2) is 53.4 Å². The second-order valence-electron chi connectivity index (χ2n) is 6.72. The van der Waals surface area contributed by atoms with Gasteiger partial charge in [0.2, 0.25) is 10.0 Å². The van der Waals surface area contributed by atoms with Crippen molar-refractivity contribution in [2.75, 3.05) is 6.54 Å². The molecule has 0 aromatic heterocycles. The Labute approximate surface area is 155 Å². The molecule has 140 valence electrons. The lowest BCUT2D eigenvalue weighted by Gasteiger charge is -2.11. The van der Waals surface area contributed by atoms with Crippen LogP contribution in [-0.4, -0.2) is 20.9 Å². The Morgan fingerprint density at radius 2 is 1.81 bits per heavy atom. The molecule has 0 aliphatic heterocycles. The summed E-state index contributed by atoms with van der Waals surface area (Å²) in [4.78, 5) is 12.3. The molecule has 0 radical (unpaired) electrons. The topological polar surface area (TPSA) is 75.3 Å². The number of rotatable bonds is 8. The predicted molar refractivity (Wildman–Crippen MR) is 103 cm³/mol. The number of aryl methyl sites for hydroxylation is 1. The van der Waals surface area contributed by atoms with Gasteiger partial charge < -0.3 is 5.32 Å². The minimum Gasteiger partial charge on any atom is -0.352 e. The maximum absolute atomic E-state index is 12.6. The highest BCUT2D eigenvalue weighted by Crippen LogP contribution is 2.14. The van der Waals surface area contributed by atoms with E-state index in [1.54, 1.807) is 12.1 Å². The van der Waals surface area contributed by atoms with E-state index in [9.17, 15) is 13.2 Å². The van der Waals surface area contributed by atoms with Gasteiger partial charge in [-0.1, -0.05) is 44.2 Å². The Balaban J connectivity index is 2.07. The van der Waals surface area contributed by atoms with Crippen LogP contribution in [-0.2, 0) is 16.6 Å². The van der Waals surface area contributed by atoms with Crippen molar-refractivity contribution in [1.82, 2.24) is 10.0 Å². The lowest BCUT2D eigenvalue weighted by molar-refractivity contribution is 0.0952. The van der Waals surface area contributed by atoms with E-state index in [1.807, 2.05) is 31.2 Å². The zero-order chi connectivity index (χ0) is 19.2. The Morgan fingerprint density at radius 3 is 2.50 bits per heavy atom. The van der Waals surface area contributed by atoms with Gasteiger partial charge in [-0.25, -0.2) is 13.1 Å². The standard InChI is InChI=1S/C20H26N2O3S/c1-15(2)11-12-21-20(23)17-9-6-10-19(13-17)26(24,25)22-14-18-8-5-4-7-16(18)3/h4-10,13,15,22H,11-12,14H2,1-3H3,(H,21,23). The molecule has 6 heteroatoms. The third kappa shape index (κ3) is 5.68. The predicted octanol–water partition coefficient (Wildman–Crippen LogP) is 3.25. The fourth-order valence-electron chi connectivity index (χ4n) is 2.45. The third-order valence-corrected chi connectivity index (χ3v) is 5.53. The highest BCUT2D eigenvalue weighted by Gasteiger charge is 2.16. The summed E-state index contributed by atoms with van der Waals surface area (Å²) in [6, 6.07) is 13.7. The van der Waals surface area contributed by atoms with Gasteiger partial charge in [0.1, 0.15) is 0 Å². The molecule has 26 heavy (non-hydrogen) atoms. The average molecular weight is 375 g/mol. The Bertz CT molecular complexity index is 861. The smallest absolute Gasteiger partial charge is 0.251 e. The van der Waals surface area contributed by atoms with E-state index < -0.39 is 10.0 Å². The Morgan fingerprint density at radius 1 is 1.08 bits per heavy atom. The molecule has 2 N–H and O–H groups in total. The van der Waals surface area contributed by atoms with Crippen LogP contribution >= 0.6 is 0 Å². The molecule has 5 nitrogen and oxygen atoms in total. The number of amides is 1. The van der Waals surface area contributed by atoms with E-state index in [-0.39, 0.29) is 17.3 Å². The number of benzene rings is 2. The first-order valence-corrected chi connectivity index (χ1v) is 10.2. The van der Waals surface area contributed by atoms with Crippen LogP contribution < -0.4 is 10.0 Å². The Kier molecular flexibility index (Phi) is 6.94. The van der Waals surface area contributed by atoms with Gasteiger partial charge in [0.25, 0.3) is 5.91 Å². The summed E-state index contributed by atoms with van der Waals surface area (Å²) in [7, 11) is -3.70. The first kappa shape index (κ1) is 20.1. The van der Waals surface area contributed by atoms with Crippen molar-refractivity contribution >= 4 is 15.9 Å². The molecule has 0 aliphatic carbocycles. The molecule has 2 rings (SSSR count). The number of nitrogens with one attached hydrogen (secondary N) is 2.